The minimum Gasteiger partial charge on any atom is -0.508 e. The number of phenols is 2. The molecule has 0 heterocycles. The van der Waals surface area contributed by atoms with Crippen molar-refractivity contribution in [3.63, 3.8) is 0 Å². The van der Waals surface area contributed by atoms with E-state index in [9.17, 15) is 10.2 Å². The van der Waals surface area contributed by atoms with Crippen molar-refractivity contribution in [2.24, 2.45) is 0 Å². The monoisotopic (exact) mass is 456 g/mol. The average molecular weight is 458 g/mol. The van der Waals surface area contributed by atoms with Crippen molar-refractivity contribution in [2.45, 2.75) is 13.1 Å². The van der Waals surface area contributed by atoms with E-state index >= 15 is 0 Å². The summed E-state index contributed by atoms with van der Waals surface area (Å²) in [4.78, 5) is 4.33. The first-order valence-electron chi connectivity index (χ1n) is 7.67. The van der Waals surface area contributed by atoms with Crippen molar-refractivity contribution in [2.75, 3.05) is 27.2 Å². The van der Waals surface area contributed by atoms with Crippen LogP contribution < -0.4 is 0 Å². The van der Waals surface area contributed by atoms with Crippen LogP contribution in [0.3, 0.4) is 0 Å². The molecule has 4 nitrogen and oxygen atoms in total. The molecule has 2 aromatic carbocycles. The van der Waals surface area contributed by atoms with Crippen LogP contribution in [-0.4, -0.2) is 47.2 Å². The van der Waals surface area contributed by atoms with Crippen LogP contribution in [0.15, 0.2) is 45.3 Å². The average Bonchev–Trinajstić information content (AvgIpc) is 2.52. The number of halogens is 2. The molecule has 130 valence electrons. The molecule has 0 spiro atoms. The Hall–Kier alpha value is -1.08. The van der Waals surface area contributed by atoms with E-state index < -0.39 is 0 Å². The standard InChI is InChI=1S/C18H22Br2N2O2/c1-21(11-13-9-15(19)3-5-17(13)23)7-8-22(2)12-14-10-16(20)4-6-18(14)24/h3-6,9-10,23-24H,7-8,11-12H2,1-2H3. The zero-order valence-corrected chi connectivity index (χ0v) is 17.0. The van der Waals surface area contributed by atoms with Gasteiger partial charge in [-0.2, -0.15) is 0 Å². The number of hydrogen-bond acceptors (Lipinski definition) is 4. The lowest BCUT2D eigenvalue weighted by atomic mass is 10.2. The van der Waals surface area contributed by atoms with Crippen LogP contribution in [0.2, 0.25) is 0 Å². The summed E-state index contributed by atoms with van der Waals surface area (Å²) < 4.78 is 1.93. The van der Waals surface area contributed by atoms with Crippen LogP contribution in [0.5, 0.6) is 11.5 Å². The third-order valence-corrected chi connectivity index (χ3v) is 4.81. The van der Waals surface area contributed by atoms with Gasteiger partial charge in [-0.05, 0) is 50.5 Å². The topological polar surface area (TPSA) is 46.9 Å². The molecule has 6 heteroatoms. The van der Waals surface area contributed by atoms with Crippen LogP contribution in [-0.2, 0) is 13.1 Å². The Morgan fingerprint density at radius 1 is 0.750 bits per heavy atom. The number of nitrogens with zero attached hydrogens (tertiary/aromatic N) is 2. The smallest absolute Gasteiger partial charge is 0.120 e. The zero-order valence-electron chi connectivity index (χ0n) is 13.8. The molecule has 0 aromatic heterocycles. The Bertz CT molecular complexity index is 635. The highest BCUT2D eigenvalue weighted by Crippen LogP contribution is 2.24. The van der Waals surface area contributed by atoms with Gasteiger partial charge in [-0.15, -0.1) is 0 Å². The Morgan fingerprint density at radius 2 is 1.12 bits per heavy atom. The maximum Gasteiger partial charge on any atom is 0.120 e. The van der Waals surface area contributed by atoms with Crippen molar-refractivity contribution in [3.05, 3.63) is 56.5 Å². The number of aromatic hydroxyl groups is 2. The van der Waals surface area contributed by atoms with E-state index in [1.54, 1.807) is 12.1 Å². The highest BCUT2D eigenvalue weighted by Gasteiger charge is 2.09. The van der Waals surface area contributed by atoms with Gasteiger partial charge in [-0.3, -0.25) is 0 Å². The first-order valence-corrected chi connectivity index (χ1v) is 9.25. The van der Waals surface area contributed by atoms with Crippen LogP contribution in [0.25, 0.3) is 0 Å². The highest BCUT2D eigenvalue weighted by molar-refractivity contribution is 9.10. The van der Waals surface area contributed by atoms with Gasteiger partial charge in [0.15, 0.2) is 0 Å². The molecular weight excluding hydrogens is 436 g/mol. The van der Waals surface area contributed by atoms with Crippen molar-refractivity contribution < 1.29 is 10.2 Å². The molecule has 24 heavy (non-hydrogen) atoms. The molecule has 2 aromatic rings. The van der Waals surface area contributed by atoms with Crippen LogP contribution in [0.1, 0.15) is 11.1 Å². The molecule has 0 radical (unpaired) electrons. The van der Waals surface area contributed by atoms with E-state index in [1.807, 2.05) is 38.4 Å². The molecule has 0 aliphatic rings. The molecule has 2 rings (SSSR count). The summed E-state index contributed by atoms with van der Waals surface area (Å²) in [5.74, 6) is 0.634. The molecule has 2 N–H and O–H groups in total. The van der Waals surface area contributed by atoms with Gasteiger partial charge < -0.3 is 20.0 Å². The minimum atomic E-state index is 0.317. The maximum absolute atomic E-state index is 9.92. The van der Waals surface area contributed by atoms with Crippen molar-refractivity contribution in [3.8, 4) is 11.5 Å². The predicted octanol–water partition coefficient (Wildman–Crippen LogP) is 4.19. The largest absolute Gasteiger partial charge is 0.508 e. The first kappa shape index (κ1) is 19.2. The second-order valence-electron chi connectivity index (χ2n) is 6.02. The molecule has 0 saturated carbocycles. The second kappa shape index (κ2) is 8.85. The van der Waals surface area contributed by atoms with E-state index in [1.165, 1.54) is 0 Å². The Labute approximate surface area is 160 Å². The van der Waals surface area contributed by atoms with E-state index in [0.29, 0.717) is 24.6 Å². The zero-order chi connectivity index (χ0) is 17.7. The lowest BCUT2D eigenvalue weighted by molar-refractivity contribution is 0.243. The van der Waals surface area contributed by atoms with E-state index in [0.717, 1.165) is 33.2 Å². The number of benzene rings is 2. The minimum absolute atomic E-state index is 0.317. The van der Waals surface area contributed by atoms with Gasteiger partial charge in [0.1, 0.15) is 11.5 Å². The second-order valence-corrected chi connectivity index (χ2v) is 7.85. The highest BCUT2D eigenvalue weighted by atomic mass is 79.9. The van der Waals surface area contributed by atoms with Crippen LogP contribution in [0.4, 0.5) is 0 Å². The van der Waals surface area contributed by atoms with Crippen molar-refractivity contribution in [1.29, 1.82) is 0 Å². The van der Waals surface area contributed by atoms with Gasteiger partial charge >= 0.3 is 0 Å². The van der Waals surface area contributed by atoms with Crippen molar-refractivity contribution in [1.82, 2.24) is 9.80 Å². The molecule has 0 unspecified atom stereocenters. The van der Waals surface area contributed by atoms with Gasteiger partial charge in [0.05, 0.1) is 0 Å². The van der Waals surface area contributed by atoms with Gasteiger partial charge in [0, 0.05) is 46.3 Å². The molecule has 0 bridgehead atoms. The third kappa shape index (κ3) is 5.77. The van der Waals surface area contributed by atoms with E-state index in [2.05, 4.69) is 41.7 Å². The fourth-order valence-electron chi connectivity index (χ4n) is 2.44. The Kier molecular flexibility index (Phi) is 7.10. The number of rotatable bonds is 7. The maximum atomic E-state index is 9.92. The molecule has 0 amide bonds. The van der Waals surface area contributed by atoms with Crippen LogP contribution >= 0.6 is 31.9 Å². The lowest BCUT2D eigenvalue weighted by Crippen LogP contribution is -2.30. The lowest BCUT2D eigenvalue weighted by Gasteiger charge is -2.23. The van der Waals surface area contributed by atoms with Gasteiger partial charge in [-0.1, -0.05) is 31.9 Å². The summed E-state index contributed by atoms with van der Waals surface area (Å²) in [5, 5.41) is 19.8. The number of likely N-dealkylation sites (N-methyl/N-ethyl adjacent to an activating group) is 2. The molecule has 0 aliphatic heterocycles. The summed E-state index contributed by atoms with van der Waals surface area (Å²) in [6, 6.07) is 10.9. The third-order valence-electron chi connectivity index (χ3n) is 3.83. The quantitative estimate of drug-likeness (QED) is 0.654. The predicted molar refractivity (Wildman–Crippen MR) is 104 cm³/mol. The normalized spacial score (nSPS) is 11.4. The summed E-state index contributed by atoms with van der Waals surface area (Å²) in [6.07, 6.45) is 0. The Balaban J connectivity index is 1.85. The SMILES string of the molecule is CN(CCN(C)Cc1cc(Br)ccc1O)Cc1cc(Br)ccc1O. The van der Waals surface area contributed by atoms with Crippen molar-refractivity contribution >= 4 is 31.9 Å². The Morgan fingerprint density at radius 3 is 1.50 bits per heavy atom. The number of hydrogen-bond donors (Lipinski definition) is 2. The molecule has 0 aliphatic carbocycles. The van der Waals surface area contributed by atoms with Gasteiger partial charge in [-0.25, -0.2) is 0 Å². The summed E-state index contributed by atoms with van der Waals surface area (Å²) in [6.45, 7) is 3.08. The molecule has 0 atom stereocenters. The summed E-state index contributed by atoms with van der Waals surface area (Å²) in [5.41, 5.74) is 1.80. The summed E-state index contributed by atoms with van der Waals surface area (Å²) in [7, 11) is 4.07. The number of phenolic OH excluding ortho intramolecular Hbond substituents is 2. The van der Waals surface area contributed by atoms with Gasteiger partial charge in [0.25, 0.3) is 0 Å². The van der Waals surface area contributed by atoms with Crippen LogP contribution in [0, 0.1) is 0 Å². The fourth-order valence-corrected chi connectivity index (χ4v) is 3.26. The molecular formula is C18H22Br2N2O2. The van der Waals surface area contributed by atoms with Gasteiger partial charge in [0.2, 0.25) is 0 Å². The van der Waals surface area contributed by atoms with E-state index in [-0.39, 0.29) is 0 Å². The fraction of sp³-hybridized carbons (Fsp3) is 0.333. The molecule has 0 fully saturated rings. The first-order chi connectivity index (χ1) is 11.3. The summed E-state index contributed by atoms with van der Waals surface area (Å²) >= 11 is 6.87. The molecule has 0 saturated heterocycles. The van der Waals surface area contributed by atoms with E-state index in [4.69, 9.17) is 0 Å².